The number of rotatable bonds is 47. The maximum atomic E-state index is 13.2. The molecule has 4 aliphatic rings. The Labute approximate surface area is 652 Å². The van der Waals surface area contributed by atoms with E-state index in [4.69, 9.17) is 46.9 Å². The quantitative estimate of drug-likeness (QED) is 0.0153. The summed E-state index contributed by atoms with van der Waals surface area (Å²) in [6.45, 7) is 24.4. The Morgan fingerprint density at radius 2 is 0.627 bits per heavy atom. The first-order chi connectivity index (χ1) is 51.9. The normalized spacial score (nSPS) is 31.5. The Bertz CT molecular complexity index is 3240. The lowest BCUT2D eigenvalue weighted by molar-refractivity contribution is -0.402. The molecule has 4 rings (SSSR count). The number of ether oxygens (including phenoxy) is 8. The number of allylic oxidation sites excluding steroid dienone is 21. The Morgan fingerprint density at radius 3 is 0.945 bits per heavy atom. The lowest BCUT2D eigenvalue weighted by atomic mass is 9.96. The van der Waals surface area contributed by atoms with Crippen LogP contribution < -0.4 is 9.79 Å². The second-order valence-electron chi connectivity index (χ2n) is 30.2. The van der Waals surface area contributed by atoms with Crippen LogP contribution in [-0.4, -0.2) is 211 Å². The van der Waals surface area contributed by atoms with E-state index in [-0.39, 0.29) is 0 Å². The van der Waals surface area contributed by atoms with Gasteiger partial charge in [0.1, 0.15) is 85.5 Å². The summed E-state index contributed by atoms with van der Waals surface area (Å²) >= 11 is 0. The average Bonchev–Trinajstić information content (AvgIpc) is 0.769. The number of esters is 1. The summed E-state index contributed by atoms with van der Waals surface area (Å²) in [4.78, 5) is 38.1. The van der Waals surface area contributed by atoms with Crippen LogP contribution in [0, 0.1) is 0 Å². The fraction of sp³-hybridized carbons (Fsp3) is 0.716. The second-order valence-corrected chi connectivity index (χ2v) is 33.1. The first kappa shape index (κ1) is 98.5. The molecule has 0 spiro atoms. The molecule has 22 atom stereocenters. The van der Waals surface area contributed by atoms with E-state index in [9.17, 15) is 79.9 Å². The van der Waals surface area contributed by atoms with E-state index in [1.165, 1.54) is 68.7 Å². The van der Waals surface area contributed by atoms with Crippen LogP contribution in [0.1, 0.15) is 225 Å². The van der Waals surface area contributed by atoms with Crippen molar-refractivity contribution in [1.82, 2.24) is 0 Å². The predicted molar refractivity (Wildman–Crippen MR) is 412 cm³/mol. The largest absolute Gasteiger partial charge is 0.756 e. The van der Waals surface area contributed by atoms with E-state index in [1.807, 2.05) is 6.92 Å². The summed E-state index contributed by atoms with van der Waals surface area (Å²) in [6.07, 6.45) is 5.07. The van der Waals surface area contributed by atoms with Gasteiger partial charge in [-0.1, -0.05) is 128 Å². The van der Waals surface area contributed by atoms with Gasteiger partial charge in [0.2, 0.25) is 0 Å². The van der Waals surface area contributed by atoms with Crippen LogP contribution in [0.15, 0.2) is 128 Å². The molecule has 0 aromatic carbocycles. The Morgan fingerprint density at radius 1 is 0.345 bits per heavy atom. The van der Waals surface area contributed by atoms with Crippen LogP contribution >= 0.6 is 15.6 Å². The molecular weight excluding hydrogens is 1470 g/mol. The molecule has 4 heterocycles. The van der Waals surface area contributed by atoms with E-state index < -0.39 is 171 Å². The van der Waals surface area contributed by atoms with E-state index in [0.717, 1.165) is 122 Å². The van der Waals surface area contributed by atoms with Crippen LogP contribution in [0.3, 0.4) is 0 Å². The van der Waals surface area contributed by atoms with Crippen molar-refractivity contribution in [2.24, 2.45) is 0 Å². The van der Waals surface area contributed by atoms with Crippen LogP contribution in [0.4, 0.5) is 0 Å². The standard InChI is InChI=1S/C81H134O27P2/c1-50(2)25-15-26-51(3)27-16-28-52(4)29-17-30-53(5)31-18-32-54(6)33-19-34-55(7)35-20-36-56(8)37-21-38-57(9)39-22-40-58(10)41-23-42-59(11)43-24-44-60(12)45-46-98-109(94,95)108-110(96,97)107-78-73(93)74(69(89)65(49-84)101-78)104-80-76(71(91)67(87)63(47-82)102-80)106-81-77(72(92)68(88)64(48-83)103-81)105-79-75(100-62(14)85)70(90)66(86)61(13)99-79/h25,27,29,31,33,35,37,39,41,43,45,61,63-84,86-93H,15-24,26,28,30,32,34,36,38,40,42,44,46-49H2,1-14H3,(H,94,95)(H,96,97)/p-2/b51-27+,52-29+,53-31-,54-33-,55-35-,56-37-,57-39-,58-41-,59-43-,60-45-/t61-,63+,64+,65+,66-,67+,68+,69-,70+,71-,72-,73+,74-,75+,76-,77-,78+,79-,80+,81+/m0/s1. The Kier molecular flexibility index (Phi) is 45.3. The SMILES string of the molecule is CC(=O)O[C@H]1[C@H](O[C@@H]2[C@@H](O[C@@H]3[C@@H](O[C@H]4[C@@H](O)[C@@H](CO)O[C@H](OP(=O)([O-])OP(=O)([O-])OC/C=C(/C)CC/C=C(/C)CC/C=C(/C)CC/C=C(/C)CC/C=C(/C)CC/C=C(/C)CC/C=C(/C)CC/C=C(/C)CC/C=C(\C)CC/C=C(\C)CCC=C(C)C)[C@@H]4O)O[C@H](CO)[C@@H](O)[C@@H]3O)O[C@H](CO)[C@@H](O)[C@@H]2O)O[C@@H](C)[C@H](O)[C@H]1O. The maximum Gasteiger partial charge on any atom is 0.303 e. The molecule has 0 aliphatic carbocycles. The second kappa shape index (κ2) is 50.6. The third kappa shape index (κ3) is 35.7. The first-order valence-corrected chi connectivity index (χ1v) is 41.7. The van der Waals surface area contributed by atoms with Crippen LogP contribution in [0.2, 0.25) is 0 Å². The fourth-order valence-electron chi connectivity index (χ4n) is 12.9. The molecule has 11 N–H and O–H groups in total. The molecule has 0 amide bonds. The van der Waals surface area contributed by atoms with Gasteiger partial charge in [-0.15, -0.1) is 0 Å². The van der Waals surface area contributed by atoms with Crippen molar-refractivity contribution in [2.75, 3.05) is 26.4 Å². The van der Waals surface area contributed by atoms with E-state index in [2.05, 4.69) is 134 Å². The van der Waals surface area contributed by atoms with Crippen LogP contribution in [-0.2, 0) is 65.2 Å². The highest BCUT2D eigenvalue weighted by Gasteiger charge is 2.57. The molecule has 110 heavy (non-hydrogen) atoms. The fourth-order valence-corrected chi connectivity index (χ4v) is 14.9. The molecule has 27 nitrogen and oxygen atoms in total. The molecule has 2 unspecified atom stereocenters. The summed E-state index contributed by atoms with van der Waals surface area (Å²) in [5.74, 6) is -0.978. The number of phosphoric acid groups is 2. The minimum absolute atomic E-state index is 0.513. The molecule has 0 saturated carbocycles. The number of hydrogen-bond donors (Lipinski definition) is 11. The molecule has 0 bridgehead atoms. The zero-order chi connectivity index (χ0) is 82.0. The molecule has 4 saturated heterocycles. The van der Waals surface area contributed by atoms with E-state index >= 15 is 0 Å². The van der Waals surface area contributed by atoms with Crippen molar-refractivity contribution in [2.45, 2.75) is 348 Å². The number of carbonyl (C=O) groups excluding carboxylic acids is 1. The number of carbonyl (C=O) groups is 1. The average molecular weight is 1600 g/mol. The molecule has 29 heteroatoms. The summed E-state index contributed by atoms with van der Waals surface area (Å²) < 4.78 is 85.1. The summed E-state index contributed by atoms with van der Waals surface area (Å²) in [5, 5.41) is 119. The number of aliphatic hydroxyl groups is 11. The van der Waals surface area contributed by atoms with Crippen molar-refractivity contribution >= 4 is 21.6 Å². The third-order valence-electron chi connectivity index (χ3n) is 19.9. The van der Waals surface area contributed by atoms with Crippen molar-refractivity contribution in [3.05, 3.63) is 128 Å². The molecular formula is C81H132O27P2-2. The van der Waals surface area contributed by atoms with Gasteiger partial charge in [-0.25, -0.2) is 4.31 Å². The zero-order valence-electron chi connectivity index (χ0n) is 67.2. The molecule has 0 aromatic rings. The molecule has 0 aromatic heterocycles. The highest BCUT2D eigenvalue weighted by atomic mass is 31.3. The van der Waals surface area contributed by atoms with Gasteiger partial charge in [-0.2, -0.15) is 0 Å². The van der Waals surface area contributed by atoms with Gasteiger partial charge < -0.3 is 108 Å². The van der Waals surface area contributed by atoms with E-state index in [1.54, 1.807) is 6.92 Å². The lowest BCUT2D eigenvalue weighted by Gasteiger charge is -2.50. The minimum Gasteiger partial charge on any atom is -0.756 e. The lowest BCUT2D eigenvalue weighted by Crippen LogP contribution is -2.68. The number of aliphatic hydroxyl groups excluding tert-OH is 11. The van der Waals surface area contributed by atoms with Gasteiger partial charge in [-0.05, 0) is 218 Å². The third-order valence-corrected chi connectivity index (χ3v) is 22.4. The van der Waals surface area contributed by atoms with Gasteiger partial charge >= 0.3 is 5.97 Å². The van der Waals surface area contributed by atoms with Gasteiger partial charge in [0.05, 0.1) is 32.5 Å². The predicted octanol–water partition coefficient (Wildman–Crippen LogP) is 10.1. The van der Waals surface area contributed by atoms with Gasteiger partial charge in [0, 0.05) is 6.92 Å². The molecule has 4 aliphatic heterocycles. The highest BCUT2D eigenvalue weighted by molar-refractivity contribution is 7.59. The zero-order valence-corrected chi connectivity index (χ0v) is 69.0. The van der Waals surface area contributed by atoms with Crippen molar-refractivity contribution in [3.63, 3.8) is 0 Å². The molecule has 4 fully saturated rings. The monoisotopic (exact) mass is 1600 g/mol. The summed E-state index contributed by atoms with van der Waals surface area (Å²) in [7, 11) is -11.9. The van der Waals surface area contributed by atoms with Crippen LogP contribution in [0.5, 0.6) is 0 Å². The summed E-state index contributed by atoms with van der Waals surface area (Å²) in [6, 6.07) is 0. The van der Waals surface area contributed by atoms with Crippen molar-refractivity contribution in [3.8, 4) is 0 Å². The van der Waals surface area contributed by atoms with E-state index in [0.29, 0.717) is 18.4 Å². The number of hydrogen-bond acceptors (Lipinski definition) is 27. The smallest absolute Gasteiger partial charge is 0.303 e. The van der Waals surface area contributed by atoms with Crippen molar-refractivity contribution < 1.29 is 131 Å². The molecule has 0 radical (unpaired) electrons. The van der Waals surface area contributed by atoms with Gasteiger partial charge in [-0.3, -0.25) is 18.4 Å². The first-order valence-electron chi connectivity index (χ1n) is 38.8. The molecule has 630 valence electrons. The Balaban J connectivity index is 1.18. The van der Waals surface area contributed by atoms with Gasteiger partial charge in [0.25, 0.3) is 15.6 Å². The maximum absolute atomic E-state index is 13.2. The Hall–Kier alpha value is -3.85. The minimum atomic E-state index is -6.14. The van der Waals surface area contributed by atoms with Gasteiger partial charge in [0.15, 0.2) is 31.3 Å². The highest BCUT2D eigenvalue weighted by Crippen LogP contribution is 2.57. The summed E-state index contributed by atoms with van der Waals surface area (Å²) in [5.41, 5.74) is 14.8. The topological polar surface area (TPSA) is 421 Å². The number of phosphoric ester groups is 2. The van der Waals surface area contributed by atoms with Crippen LogP contribution in [0.25, 0.3) is 0 Å². The van der Waals surface area contributed by atoms with Crippen molar-refractivity contribution in [1.29, 1.82) is 0 Å².